The molecule has 0 aliphatic heterocycles. The molecule has 1 rings (SSSR count). The van der Waals surface area contributed by atoms with Crippen LogP contribution in [0.5, 0.6) is 0 Å². The summed E-state index contributed by atoms with van der Waals surface area (Å²) in [5, 5.41) is 29.2. The van der Waals surface area contributed by atoms with Gasteiger partial charge in [0.15, 0.2) is 6.33 Å². The van der Waals surface area contributed by atoms with Crippen LogP contribution in [0.3, 0.4) is 0 Å². The van der Waals surface area contributed by atoms with Gasteiger partial charge in [-0.1, -0.05) is 5.21 Å². The molecule has 0 aliphatic rings. The van der Waals surface area contributed by atoms with E-state index in [0.29, 0.717) is 0 Å². The Kier molecular flexibility index (Phi) is 6.63. The number of aromatic nitrogens is 4. The highest BCUT2D eigenvalue weighted by Crippen LogP contribution is 2.10. The predicted molar refractivity (Wildman–Crippen MR) is 45.1 cm³/mol. The summed E-state index contributed by atoms with van der Waals surface area (Å²) in [6.45, 7) is 3.24. The van der Waals surface area contributed by atoms with Gasteiger partial charge in [-0.05, 0) is 13.8 Å². The summed E-state index contributed by atoms with van der Waals surface area (Å²) < 4.78 is 0. The number of aliphatic hydroxyl groups excluding tert-OH is 2. The van der Waals surface area contributed by atoms with E-state index in [1.54, 1.807) is 13.8 Å². The number of tetrazole rings is 1. The summed E-state index contributed by atoms with van der Waals surface area (Å²) in [7, 11) is 0. The van der Waals surface area contributed by atoms with Crippen molar-refractivity contribution in [2.75, 3.05) is 0 Å². The van der Waals surface area contributed by atoms with Gasteiger partial charge in [-0.15, -0.1) is 22.0 Å². The minimum absolute atomic E-state index is 0.458. The van der Waals surface area contributed by atoms with Crippen LogP contribution >= 0.6 is 11.8 Å². The quantitative estimate of drug-likeness (QED) is 0.552. The van der Waals surface area contributed by atoms with Crippen molar-refractivity contribution in [3.05, 3.63) is 6.33 Å². The lowest BCUT2D eigenvalue weighted by atomic mass is 10.9. The minimum atomic E-state index is -0.458. The molecular formula is C5H12N4O2S. The lowest BCUT2D eigenvalue weighted by molar-refractivity contribution is 0.256. The number of nitrogens with zero attached hydrogens (tertiary/aromatic N) is 3. The van der Waals surface area contributed by atoms with Crippen molar-refractivity contribution in [3.63, 3.8) is 0 Å². The Bertz CT molecular complexity index is 145. The van der Waals surface area contributed by atoms with Crippen molar-refractivity contribution < 1.29 is 10.2 Å². The van der Waals surface area contributed by atoms with Crippen LogP contribution in [0.1, 0.15) is 13.8 Å². The standard InChI is InChI=1S/C4H10O2S.CH2N4/c1-3(5)7-4(2)6;1-2-4-5-3-1/h3-6H,1-2H3;1H,(H,2,3,4,5). The van der Waals surface area contributed by atoms with E-state index < -0.39 is 10.9 Å². The molecule has 1 aromatic heterocycles. The number of hydrogen-bond donors (Lipinski definition) is 3. The van der Waals surface area contributed by atoms with Crippen LogP contribution in [0.4, 0.5) is 0 Å². The van der Waals surface area contributed by atoms with E-state index in [1.807, 2.05) is 0 Å². The second kappa shape index (κ2) is 7.01. The molecule has 7 heteroatoms. The van der Waals surface area contributed by atoms with Crippen LogP contribution in [-0.4, -0.2) is 41.7 Å². The number of nitrogens with one attached hydrogen (secondary N) is 1. The van der Waals surface area contributed by atoms with Crippen LogP contribution in [0.15, 0.2) is 6.33 Å². The molecule has 2 unspecified atom stereocenters. The first-order valence-electron chi connectivity index (χ1n) is 3.31. The fourth-order valence-corrected chi connectivity index (χ4v) is 0.984. The van der Waals surface area contributed by atoms with Crippen LogP contribution < -0.4 is 0 Å². The number of H-pyrrole nitrogens is 1. The monoisotopic (exact) mass is 192 g/mol. The fourth-order valence-electron chi connectivity index (χ4n) is 0.414. The maximum absolute atomic E-state index is 8.53. The smallest absolute Gasteiger partial charge is 0.161 e. The maximum Gasteiger partial charge on any atom is 0.161 e. The van der Waals surface area contributed by atoms with Gasteiger partial charge in [0, 0.05) is 0 Å². The van der Waals surface area contributed by atoms with Crippen molar-refractivity contribution in [2.45, 2.75) is 24.7 Å². The molecule has 70 valence electrons. The van der Waals surface area contributed by atoms with Gasteiger partial charge in [-0.3, -0.25) is 0 Å². The summed E-state index contributed by atoms with van der Waals surface area (Å²) in [4.78, 5) is 0. The Hall–Kier alpha value is -0.660. The van der Waals surface area contributed by atoms with Gasteiger partial charge >= 0.3 is 0 Å². The fraction of sp³-hybridized carbons (Fsp3) is 0.800. The van der Waals surface area contributed by atoms with Crippen molar-refractivity contribution >= 4 is 11.8 Å². The Morgan fingerprint density at radius 3 is 2.00 bits per heavy atom. The predicted octanol–water partition coefficient (Wildman–Crippen LogP) is -0.404. The third kappa shape index (κ3) is 9.34. The minimum Gasteiger partial charge on any atom is -0.383 e. The number of aromatic amines is 1. The molecule has 1 heterocycles. The lowest BCUT2D eigenvalue weighted by Crippen LogP contribution is -2.00. The molecule has 12 heavy (non-hydrogen) atoms. The van der Waals surface area contributed by atoms with Gasteiger partial charge in [-0.2, -0.15) is 5.21 Å². The highest BCUT2D eigenvalue weighted by molar-refractivity contribution is 8.00. The van der Waals surface area contributed by atoms with E-state index >= 15 is 0 Å². The summed E-state index contributed by atoms with van der Waals surface area (Å²) in [5.74, 6) is 0. The Labute approximate surface area is 74.4 Å². The zero-order valence-electron chi connectivity index (χ0n) is 6.88. The third-order valence-electron chi connectivity index (χ3n) is 0.663. The van der Waals surface area contributed by atoms with Gasteiger partial charge in [0.25, 0.3) is 0 Å². The van der Waals surface area contributed by atoms with Crippen LogP contribution in [-0.2, 0) is 0 Å². The molecular weight excluding hydrogens is 180 g/mol. The van der Waals surface area contributed by atoms with E-state index in [4.69, 9.17) is 10.2 Å². The van der Waals surface area contributed by atoms with Crippen molar-refractivity contribution in [1.29, 1.82) is 0 Å². The van der Waals surface area contributed by atoms with Gasteiger partial charge < -0.3 is 10.2 Å². The van der Waals surface area contributed by atoms with E-state index in [9.17, 15) is 0 Å². The number of rotatable bonds is 2. The molecule has 1 aromatic rings. The highest BCUT2D eigenvalue weighted by Gasteiger charge is 1.98. The highest BCUT2D eigenvalue weighted by atomic mass is 32.2. The van der Waals surface area contributed by atoms with E-state index in [1.165, 1.54) is 6.33 Å². The molecule has 3 N–H and O–H groups in total. The van der Waals surface area contributed by atoms with Crippen LogP contribution in [0.25, 0.3) is 0 Å². The first-order valence-corrected chi connectivity index (χ1v) is 4.25. The summed E-state index contributed by atoms with van der Waals surface area (Å²) in [6, 6.07) is 0. The molecule has 0 fully saturated rings. The normalized spacial score (nSPS) is 14.3. The second-order valence-corrected chi connectivity index (χ2v) is 3.53. The molecule has 0 saturated heterocycles. The van der Waals surface area contributed by atoms with Crippen molar-refractivity contribution in [3.8, 4) is 0 Å². The van der Waals surface area contributed by atoms with Gasteiger partial charge in [-0.25, -0.2) is 0 Å². The molecule has 0 spiro atoms. The van der Waals surface area contributed by atoms with E-state index in [2.05, 4.69) is 20.6 Å². The Balaban J connectivity index is 0.000000211. The topological polar surface area (TPSA) is 94.9 Å². The first-order chi connectivity index (χ1) is 5.63. The Morgan fingerprint density at radius 1 is 1.33 bits per heavy atom. The maximum atomic E-state index is 8.53. The number of hydrogen-bond acceptors (Lipinski definition) is 6. The molecule has 2 atom stereocenters. The first kappa shape index (κ1) is 11.3. The molecule has 0 bridgehead atoms. The third-order valence-corrected chi connectivity index (χ3v) is 1.45. The van der Waals surface area contributed by atoms with Crippen LogP contribution in [0, 0.1) is 0 Å². The zero-order valence-corrected chi connectivity index (χ0v) is 7.69. The number of aliphatic hydroxyl groups is 2. The Morgan fingerprint density at radius 2 is 1.92 bits per heavy atom. The molecule has 0 amide bonds. The van der Waals surface area contributed by atoms with Gasteiger partial charge in [0.2, 0.25) is 0 Å². The molecule has 0 aromatic carbocycles. The zero-order chi connectivity index (χ0) is 9.40. The summed E-state index contributed by atoms with van der Waals surface area (Å²) >= 11 is 1.12. The summed E-state index contributed by atoms with van der Waals surface area (Å²) in [6.07, 6.45) is 1.33. The van der Waals surface area contributed by atoms with E-state index in [-0.39, 0.29) is 0 Å². The summed E-state index contributed by atoms with van der Waals surface area (Å²) in [5.41, 5.74) is -0.917. The molecule has 0 radical (unpaired) electrons. The van der Waals surface area contributed by atoms with Crippen LogP contribution in [0.2, 0.25) is 0 Å². The SMILES string of the molecule is CC(O)SC(C)O.c1nn[nH]n1. The lowest BCUT2D eigenvalue weighted by Gasteiger charge is -2.04. The second-order valence-electron chi connectivity index (χ2n) is 1.89. The van der Waals surface area contributed by atoms with Crippen molar-refractivity contribution in [1.82, 2.24) is 20.6 Å². The average Bonchev–Trinajstić information content (AvgIpc) is 2.36. The molecule has 0 aliphatic carbocycles. The average molecular weight is 192 g/mol. The van der Waals surface area contributed by atoms with Gasteiger partial charge in [0.1, 0.15) is 0 Å². The van der Waals surface area contributed by atoms with Crippen molar-refractivity contribution in [2.24, 2.45) is 0 Å². The van der Waals surface area contributed by atoms with E-state index in [0.717, 1.165) is 11.8 Å². The molecule has 0 saturated carbocycles. The molecule has 6 nitrogen and oxygen atoms in total. The van der Waals surface area contributed by atoms with Gasteiger partial charge in [0.05, 0.1) is 10.9 Å². The number of thioether (sulfide) groups is 1. The largest absolute Gasteiger partial charge is 0.383 e.